The van der Waals surface area contributed by atoms with E-state index in [2.05, 4.69) is 4.99 Å². The SMILES string of the molecule is CCOC(=O)C1=C(C)N=c2s/c(=C\c3ccccc3O)c(=O)n2C1c1ccc(OC(C)C)cc1. The number of hydrogen-bond donors (Lipinski definition) is 1. The summed E-state index contributed by atoms with van der Waals surface area (Å²) in [5.41, 5.74) is 1.79. The molecule has 2 aromatic carbocycles. The maximum atomic E-state index is 13.6. The van der Waals surface area contributed by atoms with Crippen LogP contribution in [-0.4, -0.2) is 28.4 Å². The molecule has 1 aliphatic heterocycles. The number of allylic oxidation sites excluding steroid dienone is 1. The molecule has 34 heavy (non-hydrogen) atoms. The van der Waals surface area contributed by atoms with Crippen LogP contribution in [0.5, 0.6) is 11.5 Å². The first-order valence-corrected chi connectivity index (χ1v) is 11.9. The number of phenolic OH excluding ortho intramolecular Hbond substituents is 1. The summed E-state index contributed by atoms with van der Waals surface area (Å²) in [5.74, 6) is 0.268. The van der Waals surface area contributed by atoms with Crippen LogP contribution in [-0.2, 0) is 9.53 Å². The lowest BCUT2D eigenvalue weighted by Gasteiger charge is -2.25. The minimum Gasteiger partial charge on any atom is -0.507 e. The first-order valence-electron chi connectivity index (χ1n) is 11.0. The van der Waals surface area contributed by atoms with E-state index in [-0.39, 0.29) is 24.0 Å². The van der Waals surface area contributed by atoms with Gasteiger partial charge in [0, 0.05) is 5.56 Å². The highest BCUT2D eigenvalue weighted by Gasteiger charge is 2.33. The molecule has 0 bridgehead atoms. The van der Waals surface area contributed by atoms with Gasteiger partial charge in [-0.05, 0) is 57.5 Å². The van der Waals surface area contributed by atoms with Crippen molar-refractivity contribution in [2.75, 3.05) is 6.61 Å². The monoisotopic (exact) mass is 478 g/mol. The Bertz CT molecular complexity index is 1430. The van der Waals surface area contributed by atoms with Gasteiger partial charge in [-0.3, -0.25) is 9.36 Å². The van der Waals surface area contributed by atoms with Gasteiger partial charge >= 0.3 is 5.97 Å². The molecule has 176 valence electrons. The van der Waals surface area contributed by atoms with E-state index in [1.54, 1.807) is 44.2 Å². The Labute approximate surface area is 200 Å². The molecule has 0 radical (unpaired) electrons. The minimum absolute atomic E-state index is 0.0233. The Balaban J connectivity index is 1.91. The van der Waals surface area contributed by atoms with E-state index in [4.69, 9.17) is 9.47 Å². The lowest BCUT2D eigenvalue weighted by molar-refractivity contribution is -0.139. The van der Waals surface area contributed by atoms with Crippen LogP contribution in [0.25, 0.3) is 6.08 Å². The molecule has 0 saturated heterocycles. The average Bonchev–Trinajstić information content (AvgIpc) is 3.09. The van der Waals surface area contributed by atoms with Crippen molar-refractivity contribution in [1.29, 1.82) is 0 Å². The summed E-state index contributed by atoms with van der Waals surface area (Å²) >= 11 is 1.21. The molecule has 1 unspecified atom stereocenters. The summed E-state index contributed by atoms with van der Waals surface area (Å²) in [4.78, 5) is 31.5. The summed E-state index contributed by atoms with van der Waals surface area (Å²) in [5, 5.41) is 10.2. The fourth-order valence-corrected chi connectivity index (χ4v) is 4.90. The van der Waals surface area contributed by atoms with Crippen LogP contribution in [0.3, 0.4) is 0 Å². The van der Waals surface area contributed by atoms with Gasteiger partial charge in [-0.15, -0.1) is 0 Å². The minimum atomic E-state index is -0.699. The number of aromatic hydroxyl groups is 1. The molecule has 0 saturated carbocycles. The molecule has 0 spiro atoms. The summed E-state index contributed by atoms with van der Waals surface area (Å²) in [6, 6.07) is 13.4. The van der Waals surface area contributed by atoms with Crippen LogP contribution in [0.1, 0.15) is 44.9 Å². The quantitative estimate of drug-likeness (QED) is 0.549. The second kappa shape index (κ2) is 9.69. The molecule has 2 heterocycles. The molecular weight excluding hydrogens is 452 g/mol. The van der Waals surface area contributed by atoms with Crippen LogP contribution < -0.4 is 19.6 Å². The standard InChI is InChI=1S/C26H26N2O5S/c1-5-32-25(31)22-16(4)27-26-28(23(22)17-10-12-19(13-11-17)33-15(2)3)24(30)21(34-26)14-18-8-6-7-9-20(18)29/h6-15,23,29H,5H2,1-4H3/b21-14-. The molecule has 1 atom stereocenters. The number of phenols is 1. The Hall–Kier alpha value is -3.65. The van der Waals surface area contributed by atoms with Crippen LogP contribution in [0.2, 0.25) is 0 Å². The van der Waals surface area contributed by atoms with Crippen LogP contribution in [0, 0.1) is 0 Å². The summed E-state index contributed by atoms with van der Waals surface area (Å²) in [7, 11) is 0. The topological polar surface area (TPSA) is 90.1 Å². The molecule has 1 aliphatic rings. The van der Waals surface area contributed by atoms with Gasteiger partial charge in [-0.1, -0.05) is 41.7 Å². The van der Waals surface area contributed by atoms with Crippen molar-refractivity contribution in [3.05, 3.63) is 90.6 Å². The Morgan fingerprint density at radius 2 is 1.91 bits per heavy atom. The van der Waals surface area contributed by atoms with Crippen LogP contribution in [0.15, 0.2) is 69.6 Å². The molecule has 3 aromatic rings. The molecular formula is C26H26N2O5S. The Morgan fingerprint density at radius 1 is 1.21 bits per heavy atom. The first-order chi connectivity index (χ1) is 16.3. The van der Waals surface area contributed by atoms with E-state index in [9.17, 15) is 14.7 Å². The number of rotatable bonds is 6. The lowest BCUT2D eigenvalue weighted by atomic mass is 9.96. The highest BCUT2D eigenvalue weighted by Crippen LogP contribution is 2.31. The van der Waals surface area contributed by atoms with Gasteiger partial charge in [-0.2, -0.15) is 0 Å². The number of benzene rings is 2. The van der Waals surface area contributed by atoms with Gasteiger partial charge in [0.05, 0.1) is 34.6 Å². The lowest BCUT2D eigenvalue weighted by Crippen LogP contribution is -2.39. The molecule has 1 aromatic heterocycles. The number of carbonyl (C=O) groups is 1. The third-order valence-corrected chi connectivity index (χ3v) is 6.29. The van der Waals surface area contributed by atoms with Gasteiger partial charge in [-0.25, -0.2) is 9.79 Å². The Morgan fingerprint density at radius 3 is 2.56 bits per heavy atom. The van der Waals surface area contributed by atoms with E-state index >= 15 is 0 Å². The fraction of sp³-hybridized carbons (Fsp3) is 0.269. The maximum absolute atomic E-state index is 13.6. The normalized spacial score (nSPS) is 15.8. The van der Waals surface area contributed by atoms with Crippen molar-refractivity contribution in [3.63, 3.8) is 0 Å². The highest BCUT2D eigenvalue weighted by molar-refractivity contribution is 7.07. The second-order valence-electron chi connectivity index (χ2n) is 8.10. The van der Waals surface area contributed by atoms with Crippen molar-refractivity contribution in [3.8, 4) is 11.5 Å². The molecule has 0 aliphatic carbocycles. The number of para-hydroxylation sites is 1. The van der Waals surface area contributed by atoms with E-state index < -0.39 is 12.0 Å². The van der Waals surface area contributed by atoms with Crippen molar-refractivity contribution < 1.29 is 19.4 Å². The third kappa shape index (κ3) is 4.54. The predicted molar refractivity (Wildman–Crippen MR) is 131 cm³/mol. The number of hydrogen-bond acceptors (Lipinski definition) is 7. The average molecular weight is 479 g/mol. The summed E-state index contributed by atoms with van der Waals surface area (Å²) in [6.07, 6.45) is 1.66. The third-order valence-electron chi connectivity index (χ3n) is 5.31. The molecule has 4 rings (SSSR count). The van der Waals surface area contributed by atoms with Gasteiger partial charge in [0.15, 0.2) is 4.80 Å². The van der Waals surface area contributed by atoms with Crippen LogP contribution in [0.4, 0.5) is 0 Å². The number of nitrogens with zero attached hydrogens (tertiary/aromatic N) is 2. The van der Waals surface area contributed by atoms with E-state index in [0.717, 1.165) is 5.56 Å². The molecule has 8 heteroatoms. The van der Waals surface area contributed by atoms with Gasteiger partial charge < -0.3 is 14.6 Å². The molecule has 1 N–H and O–H groups in total. The first kappa shape index (κ1) is 23.5. The maximum Gasteiger partial charge on any atom is 0.338 e. The Kier molecular flexibility index (Phi) is 6.70. The van der Waals surface area contributed by atoms with E-state index in [0.29, 0.717) is 31.9 Å². The molecule has 0 amide bonds. The second-order valence-corrected chi connectivity index (χ2v) is 9.11. The van der Waals surface area contributed by atoms with Crippen molar-refractivity contribution in [1.82, 2.24) is 4.57 Å². The van der Waals surface area contributed by atoms with Gasteiger partial charge in [0.25, 0.3) is 5.56 Å². The van der Waals surface area contributed by atoms with Crippen molar-refractivity contribution in [2.24, 2.45) is 4.99 Å². The van der Waals surface area contributed by atoms with Crippen molar-refractivity contribution >= 4 is 23.4 Å². The zero-order valence-electron chi connectivity index (χ0n) is 19.4. The number of fused-ring (bicyclic) bond motifs is 1. The summed E-state index contributed by atoms with van der Waals surface area (Å²) < 4.78 is 13.0. The van der Waals surface area contributed by atoms with Gasteiger partial charge in [0.1, 0.15) is 11.5 Å². The highest BCUT2D eigenvalue weighted by atomic mass is 32.1. The number of aromatic nitrogens is 1. The number of esters is 1. The van der Waals surface area contributed by atoms with E-state index in [1.165, 1.54) is 15.9 Å². The predicted octanol–water partition coefficient (Wildman–Crippen LogP) is 3.29. The van der Waals surface area contributed by atoms with Crippen LogP contribution >= 0.6 is 11.3 Å². The molecule has 0 fully saturated rings. The van der Waals surface area contributed by atoms with Gasteiger partial charge in [0.2, 0.25) is 0 Å². The zero-order valence-corrected chi connectivity index (χ0v) is 20.3. The number of thiazole rings is 1. The largest absolute Gasteiger partial charge is 0.507 e. The summed E-state index contributed by atoms with van der Waals surface area (Å²) in [6.45, 7) is 7.59. The molecule has 7 nitrogen and oxygen atoms in total. The van der Waals surface area contributed by atoms with Crippen molar-refractivity contribution in [2.45, 2.75) is 39.8 Å². The number of carbonyl (C=O) groups excluding carboxylic acids is 1. The van der Waals surface area contributed by atoms with E-state index in [1.807, 2.05) is 38.1 Å². The smallest absolute Gasteiger partial charge is 0.338 e. The fourth-order valence-electron chi connectivity index (χ4n) is 3.86. The number of ether oxygens (including phenoxy) is 2. The zero-order chi connectivity index (χ0) is 24.4.